The Morgan fingerprint density at radius 2 is 1.54 bits per heavy atom. The normalized spacial score (nSPS) is 23.1. The summed E-state index contributed by atoms with van der Waals surface area (Å²) in [4.78, 5) is 16.5. The SMILES string of the molecule is CN(C)N1C(=O)[C@@](CCN2CCCCCC2)(c2ccccc2)c2ccccc21. The van der Waals surface area contributed by atoms with Crippen LogP contribution in [0.25, 0.3) is 0 Å². The smallest absolute Gasteiger partial charge is 0.256 e. The van der Waals surface area contributed by atoms with E-state index in [1.807, 2.05) is 36.2 Å². The number of amides is 1. The lowest BCUT2D eigenvalue weighted by atomic mass is 9.72. The highest BCUT2D eigenvalue weighted by Crippen LogP contribution is 2.48. The predicted molar refractivity (Wildman–Crippen MR) is 114 cm³/mol. The van der Waals surface area contributed by atoms with E-state index in [1.54, 1.807) is 0 Å². The second-order valence-corrected chi connectivity index (χ2v) is 8.26. The molecule has 2 aliphatic heterocycles. The average Bonchev–Trinajstić information content (AvgIpc) is 2.85. The van der Waals surface area contributed by atoms with Gasteiger partial charge < -0.3 is 4.90 Å². The Labute approximate surface area is 168 Å². The number of carbonyl (C=O) groups is 1. The van der Waals surface area contributed by atoms with E-state index in [4.69, 9.17) is 0 Å². The van der Waals surface area contributed by atoms with Gasteiger partial charge in [-0.3, -0.25) is 4.79 Å². The van der Waals surface area contributed by atoms with Gasteiger partial charge in [-0.05, 0) is 56.1 Å². The summed E-state index contributed by atoms with van der Waals surface area (Å²) in [5.74, 6) is 0.166. The highest BCUT2D eigenvalue weighted by molar-refractivity contribution is 6.09. The lowest BCUT2D eigenvalue weighted by Gasteiger charge is -2.33. The Bertz CT molecular complexity index is 812. The molecule has 2 heterocycles. The second kappa shape index (κ2) is 8.06. The number of para-hydroxylation sites is 1. The van der Waals surface area contributed by atoms with E-state index in [9.17, 15) is 4.79 Å². The van der Waals surface area contributed by atoms with Crippen molar-refractivity contribution < 1.29 is 4.79 Å². The van der Waals surface area contributed by atoms with E-state index in [0.717, 1.165) is 42.9 Å². The molecule has 2 aromatic rings. The maximum absolute atomic E-state index is 13.9. The van der Waals surface area contributed by atoms with Gasteiger partial charge in [0.05, 0.1) is 5.69 Å². The quantitative estimate of drug-likeness (QED) is 0.786. The Balaban J connectivity index is 1.77. The second-order valence-electron chi connectivity index (χ2n) is 8.26. The Morgan fingerprint density at radius 1 is 0.893 bits per heavy atom. The highest BCUT2D eigenvalue weighted by atomic mass is 16.2. The minimum atomic E-state index is -0.617. The average molecular weight is 378 g/mol. The van der Waals surface area contributed by atoms with Crippen LogP contribution >= 0.6 is 0 Å². The maximum Gasteiger partial charge on any atom is 0.256 e. The van der Waals surface area contributed by atoms with Crippen molar-refractivity contribution in [2.45, 2.75) is 37.5 Å². The van der Waals surface area contributed by atoms with E-state index in [0.29, 0.717) is 0 Å². The van der Waals surface area contributed by atoms with Crippen molar-refractivity contribution in [3.8, 4) is 0 Å². The molecule has 0 aliphatic carbocycles. The van der Waals surface area contributed by atoms with Gasteiger partial charge in [-0.15, -0.1) is 0 Å². The van der Waals surface area contributed by atoms with Crippen molar-refractivity contribution in [3.05, 3.63) is 65.7 Å². The standard InChI is InChI=1S/C24H31N3O/c1-25(2)27-22-15-9-8-14-21(22)24(23(27)28,20-12-6-5-7-13-20)16-19-26-17-10-3-4-11-18-26/h5-9,12-15H,3-4,10-11,16-19H2,1-2H3/t24-/m0/s1. The van der Waals surface area contributed by atoms with Crippen molar-refractivity contribution in [1.82, 2.24) is 9.91 Å². The van der Waals surface area contributed by atoms with Crippen molar-refractivity contribution in [2.75, 3.05) is 38.7 Å². The highest BCUT2D eigenvalue weighted by Gasteiger charge is 2.52. The number of fused-ring (bicyclic) bond motifs is 1. The molecule has 28 heavy (non-hydrogen) atoms. The summed E-state index contributed by atoms with van der Waals surface area (Å²) in [6.45, 7) is 3.26. The Kier molecular flexibility index (Phi) is 5.51. The van der Waals surface area contributed by atoms with Crippen LogP contribution in [0.3, 0.4) is 0 Å². The fourth-order valence-electron chi connectivity index (χ4n) is 4.89. The zero-order valence-corrected chi connectivity index (χ0v) is 17.1. The van der Waals surface area contributed by atoms with Gasteiger partial charge in [-0.25, -0.2) is 10.0 Å². The summed E-state index contributed by atoms with van der Waals surface area (Å²) in [7, 11) is 3.90. The number of rotatable bonds is 5. The van der Waals surface area contributed by atoms with Crippen molar-refractivity contribution in [2.24, 2.45) is 0 Å². The van der Waals surface area contributed by atoms with Gasteiger partial charge in [0.15, 0.2) is 0 Å². The van der Waals surface area contributed by atoms with Gasteiger partial charge in [-0.1, -0.05) is 61.4 Å². The summed E-state index contributed by atoms with van der Waals surface area (Å²) >= 11 is 0. The summed E-state index contributed by atoms with van der Waals surface area (Å²) in [5.41, 5.74) is 2.63. The predicted octanol–water partition coefficient (Wildman–Crippen LogP) is 4.06. The molecule has 0 radical (unpaired) electrons. The zero-order chi connectivity index (χ0) is 19.6. The molecule has 4 heteroatoms. The number of hydrazine groups is 1. The minimum absolute atomic E-state index is 0.166. The molecule has 0 spiro atoms. The van der Waals surface area contributed by atoms with E-state index < -0.39 is 5.41 Å². The van der Waals surface area contributed by atoms with Gasteiger partial charge >= 0.3 is 0 Å². The van der Waals surface area contributed by atoms with Crippen LogP contribution in [0.2, 0.25) is 0 Å². The molecule has 4 rings (SSSR count). The van der Waals surface area contributed by atoms with Gasteiger partial charge in [0, 0.05) is 14.1 Å². The molecular formula is C24H31N3O. The summed E-state index contributed by atoms with van der Waals surface area (Å²) in [6.07, 6.45) is 6.02. The molecule has 4 nitrogen and oxygen atoms in total. The molecule has 1 fully saturated rings. The lowest BCUT2D eigenvalue weighted by Crippen LogP contribution is -2.48. The van der Waals surface area contributed by atoms with Crippen LogP contribution in [0.5, 0.6) is 0 Å². The lowest BCUT2D eigenvalue weighted by molar-refractivity contribution is -0.124. The molecule has 0 aromatic heterocycles. The largest absolute Gasteiger partial charge is 0.303 e. The topological polar surface area (TPSA) is 26.8 Å². The third-order valence-electron chi connectivity index (χ3n) is 6.32. The molecular weight excluding hydrogens is 346 g/mol. The van der Waals surface area contributed by atoms with E-state index in [-0.39, 0.29) is 5.91 Å². The van der Waals surface area contributed by atoms with E-state index >= 15 is 0 Å². The monoisotopic (exact) mass is 377 g/mol. The summed E-state index contributed by atoms with van der Waals surface area (Å²) in [6, 6.07) is 18.7. The van der Waals surface area contributed by atoms with Crippen molar-refractivity contribution in [3.63, 3.8) is 0 Å². The van der Waals surface area contributed by atoms with Crippen molar-refractivity contribution >= 4 is 11.6 Å². The minimum Gasteiger partial charge on any atom is -0.303 e. The first-order valence-corrected chi connectivity index (χ1v) is 10.5. The molecule has 0 bridgehead atoms. The van der Waals surface area contributed by atoms with Gasteiger partial charge in [-0.2, -0.15) is 0 Å². The molecule has 0 unspecified atom stereocenters. The number of likely N-dealkylation sites (tertiary alicyclic amines) is 1. The molecule has 1 amide bonds. The molecule has 0 N–H and O–H groups in total. The van der Waals surface area contributed by atoms with Crippen LogP contribution in [-0.2, 0) is 10.2 Å². The molecule has 148 valence electrons. The number of nitrogens with zero attached hydrogens (tertiary/aromatic N) is 3. The molecule has 2 aromatic carbocycles. The third kappa shape index (κ3) is 3.25. The van der Waals surface area contributed by atoms with Crippen LogP contribution in [-0.4, -0.2) is 49.5 Å². The van der Waals surface area contributed by atoms with Gasteiger partial charge in [0.25, 0.3) is 5.91 Å². The van der Waals surface area contributed by atoms with Crippen LogP contribution in [0.4, 0.5) is 5.69 Å². The molecule has 1 atom stereocenters. The Morgan fingerprint density at radius 3 is 2.21 bits per heavy atom. The first-order chi connectivity index (χ1) is 13.6. The first kappa shape index (κ1) is 19.2. The third-order valence-corrected chi connectivity index (χ3v) is 6.32. The molecule has 0 saturated carbocycles. The first-order valence-electron chi connectivity index (χ1n) is 10.5. The van der Waals surface area contributed by atoms with Crippen LogP contribution in [0.15, 0.2) is 54.6 Å². The van der Waals surface area contributed by atoms with E-state index in [1.165, 1.54) is 25.7 Å². The van der Waals surface area contributed by atoms with E-state index in [2.05, 4.69) is 47.4 Å². The van der Waals surface area contributed by atoms with Crippen LogP contribution in [0, 0.1) is 0 Å². The van der Waals surface area contributed by atoms with Gasteiger partial charge in [0.1, 0.15) is 5.41 Å². The van der Waals surface area contributed by atoms with Gasteiger partial charge in [0.2, 0.25) is 0 Å². The summed E-state index contributed by atoms with van der Waals surface area (Å²) < 4.78 is 0. The number of benzene rings is 2. The van der Waals surface area contributed by atoms with Crippen LogP contribution < -0.4 is 5.01 Å². The maximum atomic E-state index is 13.9. The zero-order valence-electron chi connectivity index (χ0n) is 17.1. The molecule has 1 saturated heterocycles. The number of hydrogen-bond donors (Lipinski definition) is 0. The number of carbonyl (C=O) groups excluding carboxylic acids is 1. The number of hydrogen-bond acceptors (Lipinski definition) is 3. The fraction of sp³-hybridized carbons (Fsp3) is 0.458. The Hall–Kier alpha value is -2.17. The molecule has 2 aliphatic rings. The van der Waals surface area contributed by atoms with Crippen LogP contribution in [0.1, 0.15) is 43.2 Å². The number of anilines is 1. The van der Waals surface area contributed by atoms with Crippen molar-refractivity contribution in [1.29, 1.82) is 0 Å². The summed E-state index contributed by atoms with van der Waals surface area (Å²) in [5, 5.41) is 3.77. The fourth-order valence-corrected chi connectivity index (χ4v) is 4.89.